The largest absolute Gasteiger partial charge is 0.313 e. The van der Waals surface area contributed by atoms with E-state index in [2.05, 4.69) is 41.2 Å². The summed E-state index contributed by atoms with van der Waals surface area (Å²) >= 11 is 0. The molecule has 1 N–H and O–H groups in total. The van der Waals surface area contributed by atoms with Crippen molar-refractivity contribution in [1.82, 2.24) is 15.2 Å². The predicted molar refractivity (Wildman–Crippen MR) is 75.3 cm³/mol. The molecule has 1 fully saturated rings. The molecule has 0 radical (unpaired) electrons. The molecule has 1 aromatic heterocycles. The molecule has 2 rings (SSSR count). The van der Waals surface area contributed by atoms with Crippen LogP contribution in [0, 0.1) is 5.92 Å². The van der Waals surface area contributed by atoms with Gasteiger partial charge in [-0.25, -0.2) is 0 Å². The Hall–Kier alpha value is -0.930. The Kier molecular flexibility index (Phi) is 5.14. The van der Waals surface area contributed by atoms with E-state index in [1.165, 1.54) is 30.6 Å². The SMILES string of the molecule is CCNCc1ccc(CN(CC)CC2CC2)nc1. The molecule has 0 aliphatic heterocycles. The van der Waals surface area contributed by atoms with Gasteiger partial charge in [-0.3, -0.25) is 9.88 Å². The number of hydrogen-bond donors (Lipinski definition) is 1. The Morgan fingerprint density at radius 2 is 2.17 bits per heavy atom. The summed E-state index contributed by atoms with van der Waals surface area (Å²) in [5, 5.41) is 3.32. The first kappa shape index (κ1) is 13.5. The van der Waals surface area contributed by atoms with Gasteiger partial charge in [-0.05, 0) is 43.5 Å². The molecule has 100 valence electrons. The van der Waals surface area contributed by atoms with Crippen molar-refractivity contribution in [3.8, 4) is 0 Å². The van der Waals surface area contributed by atoms with E-state index in [1.807, 2.05) is 6.20 Å². The fraction of sp³-hybridized carbons (Fsp3) is 0.667. The molecule has 1 heterocycles. The van der Waals surface area contributed by atoms with E-state index in [-0.39, 0.29) is 0 Å². The number of pyridine rings is 1. The molecule has 0 saturated heterocycles. The minimum Gasteiger partial charge on any atom is -0.313 e. The minimum atomic E-state index is 0.920. The number of rotatable bonds is 8. The van der Waals surface area contributed by atoms with Gasteiger partial charge in [-0.15, -0.1) is 0 Å². The highest BCUT2D eigenvalue weighted by atomic mass is 15.1. The van der Waals surface area contributed by atoms with E-state index < -0.39 is 0 Å². The summed E-state index contributed by atoms with van der Waals surface area (Å²) in [4.78, 5) is 7.07. The minimum absolute atomic E-state index is 0.920. The quantitative estimate of drug-likeness (QED) is 0.764. The second-order valence-corrected chi connectivity index (χ2v) is 5.21. The third-order valence-corrected chi connectivity index (χ3v) is 3.51. The van der Waals surface area contributed by atoms with Crippen molar-refractivity contribution in [2.24, 2.45) is 5.92 Å². The summed E-state index contributed by atoms with van der Waals surface area (Å²) in [6.45, 7) is 9.65. The second kappa shape index (κ2) is 6.86. The third kappa shape index (κ3) is 4.39. The van der Waals surface area contributed by atoms with Gasteiger partial charge in [0, 0.05) is 25.8 Å². The van der Waals surface area contributed by atoms with Crippen LogP contribution in [0.2, 0.25) is 0 Å². The number of nitrogens with one attached hydrogen (secondary N) is 1. The fourth-order valence-corrected chi connectivity index (χ4v) is 2.12. The van der Waals surface area contributed by atoms with E-state index in [0.717, 1.165) is 32.1 Å². The highest BCUT2D eigenvalue weighted by molar-refractivity contribution is 5.14. The molecular formula is C15H25N3. The van der Waals surface area contributed by atoms with Crippen molar-refractivity contribution in [3.63, 3.8) is 0 Å². The standard InChI is InChI=1S/C15H25N3/c1-3-16-9-14-7-8-15(17-10-14)12-18(4-2)11-13-5-6-13/h7-8,10,13,16H,3-6,9,11-12H2,1-2H3. The molecule has 0 amide bonds. The first-order valence-electron chi connectivity index (χ1n) is 7.18. The van der Waals surface area contributed by atoms with E-state index in [1.54, 1.807) is 0 Å². The van der Waals surface area contributed by atoms with E-state index in [0.29, 0.717) is 0 Å². The molecule has 18 heavy (non-hydrogen) atoms. The van der Waals surface area contributed by atoms with Crippen LogP contribution in [-0.2, 0) is 13.1 Å². The summed E-state index contributed by atoms with van der Waals surface area (Å²) in [6, 6.07) is 4.36. The number of aromatic nitrogens is 1. The van der Waals surface area contributed by atoms with Crippen LogP contribution in [0.3, 0.4) is 0 Å². The maximum Gasteiger partial charge on any atom is 0.0544 e. The van der Waals surface area contributed by atoms with Gasteiger partial charge in [0.05, 0.1) is 5.69 Å². The van der Waals surface area contributed by atoms with Crippen LogP contribution in [0.15, 0.2) is 18.3 Å². The van der Waals surface area contributed by atoms with Crippen LogP contribution >= 0.6 is 0 Å². The van der Waals surface area contributed by atoms with Crippen LogP contribution in [0.4, 0.5) is 0 Å². The van der Waals surface area contributed by atoms with Crippen LogP contribution in [0.5, 0.6) is 0 Å². The van der Waals surface area contributed by atoms with E-state index in [4.69, 9.17) is 0 Å². The Morgan fingerprint density at radius 3 is 2.72 bits per heavy atom. The molecule has 1 aliphatic rings. The monoisotopic (exact) mass is 247 g/mol. The van der Waals surface area contributed by atoms with Gasteiger partial charge in [-0.2, -0.15) is 0 Å². The molecule has 0 atom stereocenters. The average molecular weight is 247 g/mol. The van der Waals surface area contributed by atoms with Gasteiger partial charge in [0.2, 0.25) is 0 Å². The number of nitrogens with zero attached hydrogens (tertiary/aromatic N) is 2. The fourth-order valence-electron chi connectivity index (χ4n) is 2.12. The maximum atomic E-state index is 4.57. The molecule has 0 bridgehead atoms. The lowest BCUT2D eigenvalue weighted by Gasteiger charge is -2.19. The topological polar surface area (TPSA) is 28.2 Å². The Labute approximate surface area is 111 Å². The molecule has 3 heteroatoms. The first-order valence-corrected chi connectivity index (χ1v) is 7.18. The van der Waals surface area contributed by atoms with Crippen molar-refractivity contribution < 1.29 is 0 Å². The zero-order valence-corrected chi connectivity index (χ0v) is 11.7. The van der Waals surface area contributed by atoms with Crippen molar-refractivity contribution in [2.75, 3.05) is 19.6 Å². The average Bonchev–Trinajstić information content (AvgIpc) is 3.21. The first-order chi connectivity index (χ1) is 8.81. The Morgan fingerprint density at radius 1 is 1.33 bits per heavy atom. The summed E-state index contributed by atoms with van der Waals surface area (Å²) in [5.41, 5.74) is 2.46. The van der Waals surface area contributed by atoms with Gasteiger partial charge in [0.1, 0.15) is 0 Å². The lowest BCUT2D eigenvalue weighted by molar-refractivity contribution is 0.265. The van der Waals surface area contributed by atoms with Gasteiger partial charge < -0.3 is 5.32 Å². The van der Waals surface area contributed by atoms with Gasteiger partial charge in [0.25, 0.3) is 0 Å². The van der Waals surface area contributed by atoms with Crippen LogP contribution < -0.4 is 5.32 Å². The van der Waals surface area contributed by atoms with Crippen molar-refractivity contribution in [3.05, 3.63) is 29.6 Å². The summed E-state index contributed by atoms with van der Waals surface area (Å²) in [5.74, 6) is 0.956. The molecule has 1 aliphatic carbocycles. The van der Waals surface area contributed by atoms with Crippen molar-refractivity contribution >= 4 is 0 Å². The van der Waals surface area contributed by atoms with E-state index in [9.17, 15) is 0 Å². The molecule has 0 aromatic carbocycles. The van der Waals surface area contributed by atoms with Gasteiger partial charge in [-0.1, -0.05) is 19.9 Å². The number of hydrogen-bond acceptors (Lipinski definition) is 3. The lowest BCUT2D eigenvalue weighted by Crippen LogP contribution is -2.25. The zero-order chi connectivity index (χ0) is 12.8. The maximum absolute atomic E-state index is 4.57. The third-order valence-electron chi connectivity index (χ3n) is 3.51. The van der Waals surface area contributed by atoms with Crippen molar-refractivity contribution in [2.45, 2.75) is 39.8 Å². The smallest absolute Gasteiger partial charge is 0.0544 e. The molecule has 3 nitrogen and oxygen atoms in total. The lowest BCUT2D eigenvalue weighted by atomic mass is 10.2. The Balaban J connectivity index is 1.83. The summed E-state index contributed by atoms with van der Waals surface area (Å²) in [6.07, 6.45) is 4.85. The van der Waals surface area contributed by atoms with Crippen LogP contribution in [0.25, 0.3) is 0 Å². The van der Waals surface area contributed by atoms with Crippen LogP contribution in [0.1, 0.15) is 37.9 Å². The normalized spacial score (nSPS) is 15.3. The van der Waals surface area contributed by atoms with Crippen LogP contribution in [-0.4, -0.2) is 29.5 Å². The molecule has 1 saturated carbocycles. The van der Waals surface area contributed by atoms with E-state index >= 15 is 0 Å². The highest BCUT2D eigenvalue weighted by Crippen LogP contribution is 2.29. The summed E-state index contributed by atoms with van der Waals surface area (Å²) in [7, 11) is 0. The Bertz CT molecular complexity index is 343. The van der Waals surface area contributed by atoms with Gasteiger partial charge in [0.15, 0.2) is 0 Å². The summed E-state index contributed by atoms with van der Waals surface area (Å²) < 4.78 is 0. The highest BCUT2D eigenvalue weighted by Gasteiger charge is 2.23. The van der Waals surface area contributed by atoms with Crippen molar-refractivity contribution in [1.29, 1.82) is 0 Å². The molecular weight excluding hydrogens is 222 g/mol. The molecule has 1 aromatic rings. The van der Waals surface area contributed by atoms with Gasteiger partial charge >= 0.3 is 0 Å². The second-order valence-electron chi connectivity index (χ2n) is 5.21. The molecule has 0 spiro atoms. The molecule has 0 unspecified atom stereocenters. The predicted octanol–water partition coefficient (Wildman–Crippen LogP) is 2.42. The zero-order valence-electron chi connectivity index (χ0n) is 11.7.